The molecule has 1 aromatic heterocycles. The summed E-state index contributed by atoms with van der Waals surface area (Å²) in [4.78, 5) is 24.5. The van der Waals surface area contributed by atoms with Gasteiger partial charge in [-0.1, -0.05) is 56.3 Å². The first-order chi connectivity index (χ1) is 17.2. The fourth-order valence-corrected chi connectivity index (χ4v) is 5.01. The number of rotatable bonds is 9. The molecule has 2 aromatic carbocycles. The van der Waals surface area contributed by atoms with E-state index in [0.717, 1.165) is 17.8 Å². The Bertz CT molecular complexity index is 1210. The third kappa shape index (κ3) is 4.94. The Hall–Kier alpha value is -3.81. The third-order valence-corrected chi connectivity index (χ3v) is 7.13. The number of carbonyl (C=O) groups is 2. The highest BCUT2D eigenvalue weighted by Gasteiger charge is 2.38. The van der Waals surface area contributed by atoms with Crippen molar-refractivity contribution < 1.29 is 19.4 Å². The quantitative estimate of drug-likeness (QED) is 0.386. The molecule has 4 rings (SSSR count). The smallest absolute Gasteiger partial charge is 0.341 e. The van der Waals surface area contributed by atoms with Gasteiger partial charge in [0.25, 0.3) is 5.91 Å². The Morgan fingerprint density at radius 3 is 2.42 bits per heavy atom. The summed E-state index contributed by atoms with van der Waals surface area (Å²) < 4.78 is 7.18. The molecule has 0 bridgehead atoms. The van der Waals surface area contributed by atoms with E-state index in [1.165, 1.54) is 5.56 Å². The van der Waals surface area contributed by atoms with Crippen LogP contribution >= 0.6 is 0 Å². The molecule has 8 nitrogen and oxygen atoms in total. The van der Waals surface area contributed by atoms with E-state index in [1.807, 2.05) is 48.9 Å². The Balaban J connectivity index is 1.60. The number of amides is 1. The molecule has 8 heteroatoms. The highest BCUT2D eigenvalue weighted by molar-refractivity contribution is 5.99. The summed E-state index contributed by atoms with van der Waals surface area (Å²) >= 11 is 0. The van der Waals surface area contributed by atoms with Crippen molar-refractivity contribution in [2.45, 2.75) is 64.1 Å². The highest BCUT2D eigenvalue weighted by Crippen LogP contribution is 2.40. The number of benzene rings is 2. The van der Waals surface area contributed by atoms with E-state index >= 15 is 0 Å². The van der Waals surface area contributed by atoms with Gasteiger partial charge in [-0.15, -0.1) is 0 Å². The van der Waals surface area contributed by atoms with Gasteiger partial charge in [-0.05, 0) is 56.4 Å². The lowest BCUT2D eigenvalue weighted by atomic mass is 9.84. The van der Waals surface area contributed by atoms with Crippen LogP contribution in [-0.2, 0) is 15.9 Å². The molecule has 36 heavy (non-hydrogen) atoms. The maximum Gasteiger partial charge on any atom is 0.341 e. The van der Waals surface area contributed by atoms with Crippen molar-refractivity contribution in [2.24, 2.45) is 0 Å². The van der Waals surface area contributed by atoms with E-state index < -0.39 is 18.1 Å². The second-order valence-electron chi connectivity index (χ2n) is 9.89. The normalized spacial score (nSPS) is 16.5. The van der Waals surface area contributed by atoms with Crippen molar-refractivity contribution in [1.29, 1.82) is 0 Å². The van der Waals surface area contributed by atoms with Gasteiger partial charge in [0.1, 0.15) is 17.1 Å². The average molecular weight is 491 g/mol. The molecular weight excluding hydrogens is 456 g/mol. The highest BCUT2D eigenvalue weighted by atomic mass is 16.5. The van der Waals surface area contributed by atoms with Gasteiger partial charge < -0.3 is 20.5 Å². The molecule has 3 aromatic rings. The number of carboxylic acid groups (broad SMARTS) is 1. The summed E-state index contributed by atoms with van der Waals surface area (Å²) in [5, 5.41) is 20.3. The third-order valence-electron chi connectivity index (χ3n) is 7.13. The molecule has 3 N–H and O–H groups in total. The summed E-state index contributed by atoms with van der Waals surface area (Å²) in [6, 6.07) is 17.6. The van der Waals surface area contributed by atoms with Gasteiger partial charge in [-0.3, -0.25) is 4.79 Å². The molecule has 1 aliphatic rings. The van der Waals surface area contributed by atoms with E-state index in [9.17, 15) is 9.59 Å². The van der Waals surface area contributed by atoms with E-state index in [4.69, 9.17) is 9.84 Å². The van der Waals surface area contributed by atoms with E-state index in [-0.39, 0.29) is 17.5 Å². The van der Waals surface area contributed by atoms with Crippen LogP contribution in [0.1, 0.15) is 74.5 Å². The SMILES string of the molecule is CCC(CC)(NC(=O)c1cnn2c1NC(c1ccccc1)CC2(C)C)c1ccc(OCC(=O)O)cc1. The number of nitrogens with one attached hydrogen (secondary N) is 2. The summed E-state index contributed by atoms with van der Waals surface area (Å²) in [5.74, 6) is -0.0319. The minimum Gasteiger partial charge on any atom is -0.482 e. The number of carbonyl (C=O) groups excluding carboxylic acids is 1. The van der Waals surface area contributed by atoms with Crippen molar-refractivity contribution >= 4 is 17.7 Å². The number of anilines is 1. The van der Waals surface area contributed by atoms with Crippen molar-refractivity contribution in [3.05, 3.63) is 77.5 Å². The first-order valence-corrected chi connectivity index (χ1v) is 12.4. The second kappa shape index (κ2) is 10.0. The Kier molecular flexibility index (Phi) is 7.06. The number of hydrogen-bond donors (Lipinski definition) is 3. The van der Waals surface area contributed by atoms with Gasteiger partial charge in [0, 0.05) is 0 Å². The molecule has 0 saturated heterocycles. The summed E-state index contributed by atoms with van der Waals surface area (Å²) in [5.41, 5.74) is 1.75. The van der Waals surface area contributed by atoms with Crippen LogP contribution in [0.3, 0.4) is 0 Å². The first-order valence-electron chi connectivity index (χ1n) is 12.4. The zero-order valence-corrected chi connectivity index (χ0v) is 21.2. The summed E-state index contributed by atoms with van der Waals surface area (Å²) in [7, 11) is 0. The minimum atomic E-state index is -1.03. The Morgan fingerprint density at radius 2 is 1.81 bits per heavy atom. The fraction of sp³-hybridized carbons (Fsp3) is 0.393. The minimum absolute atomic E-state index is 0.0670. The van der Waals surface area contributed by atoms with Gasteiger partial charge >= 0.3 is 5.97 Å². The van der Waals surface area contributed by atoms with Crippen molar-refractivity contribution in [3.63, 3.8) is 0 Å². The van der Waals surface area contributed by atoms with E-state index in [1.54, 1.807) is 18.3 Å². The van der Waals surface area contributed by atoms with E-state index in [0.29, 0.717) is 24.2 Å². The van der Waals surface area contributed by atoms with Crippen LogP contribution in [0.25, 0.3) is 0 Å². The van der Waals surface area contributed by atoms with Crippen LogP contribution in [0.15, 0.2) is 60.8 Å². The topological polar surface area (TPSA) is 105 Å². The van der Waals surface area contributed by atoms with Gasteiger partial charge in [0.15, 0.2) is 6.61 Å². The Labute approximate surface area is 211 Å². The lowest BCUT2D eigenvalue weighted by molar-refractivity contribution is -0.139. The average Bonchev–Trinajstić information content (AvgIpc) is 3.32. The van der Waals surface area contributed by atoms with E-state index in [2.05, 4.69) is 41.7 Å². The largest absolute Gasteiger partial charge is 0.482 e. The fourth-order valence-electron chi connectivity index (χ4n) is 5.01. The van der Waals surface area contributed by atoms with Gasteiger partial charge in [0.05, 0.1) is 23.3 Å². The number of carboxylic acids is 1. The number of aromatic nitrogens is 2. The molecule has 1 unspecified atom stereocenters. The zero-order chi connectivity index (χ0) is 25.9. The molecule has 190 valence electrons. The van der Waals surface area contributed by atoms with Crippen LogP contribution < -0.4 is 15.4 Å². The van der Waals surface area contributed by atoms with Crippen LogP contribution in [0.5, 0.6) is 5.75 Å². The molecule has 2 heterocycles. The molecule has 0 saturated carbocycles. The summed E-state index contributed by atoms with van der Waals surface area (Å²) in [6.45, 7) is 7.96. The molecule has 0 radical (unpaired) electrons. The monoisotopic (exact) mass is 490 g/mol. The number of fused-ring (bicyclic) bond motifs is 1. The van der Waals surface area contributed by atoms with Crippen molar-refractivity contribution in [3.8, 4) is 5.75 Å². The molecule has 0 spiro atoms. The van der Waals surface area contributed by atoms with Crippen molar-refractivity contribution in [2.75, 3.05) is 11.9 Å². The predicted molar refractivity (Wildman–Crippen MR) is 138 cm³/mol. The molecule has 1 aliphatic heterocycles. The lowest BCUT2D eigenvalue weighted by Crippen LogP contribution is -2.45. The van der Waals surface area contributed by atoms with Gasteiger partial charge in [-0.2, -0.15) is 5.10 Å². The molecular formula is C28H34N4O4. The van der Waals surface area contributed by atoms with Crippen LogP contribution in [0.4, 0.5) is 5.82 Å². The summed E-state index contributed by atoms with van der Waals surface area (Å²) in [6.07, 6.45) is 3.85. The maximum atomic E-state index is 13.7. The first kappa shape index (κ1) is 25.3. The Morgan fingerprint density at radius 1 is 1.14 bits per heavy atom. The number of aliphatic carboxylic acids is 1. The molecule has 0 fully saturated rings. The number of hydrogen-bond acceptors (Lipinski definition) is 5. The van der Waals surface area contributed by atoms with Crippen molar-refractivity contribution in [1.82, 2.24) is 15.1 Å². The van der Waals surface area contributed by atoms with Crippen LogP contribution in [0, 0.1) is 0 Å². The standard InChI is InChI=1S/C28H34N4O4/c1-5-28(6-2,20-12-14-21(15-13-20)36-18-24(33)34)31-26(35)22-17-29-32-25(22)30-23(16-27(32,3)4)19-10-8-7-9-11-19/h7-15,17,23,30H,5-6,16,18H2,1-4H3,(H,31,35)(H,33,34). The number of nitrogens with zero attached hydrogens (tertiary/aromatic N) is 2. The van der Waals surface area contributed by atoms with Gasteiger partial charge in [-0.25, -0.2) is 9.48 Å². The van der Waals surface area contributed by atoms with Crippen LogP contribution in [0.2, 0.25) is 0 Å². The predicted octanol–water partition coefficient (Wildman–Crippen LogP) is 5.08. The molecule has 0 aliphatic carbocycles. The maximum absolute atomic E-state index is 13.7. The van der Waals surface area contributed by atoms with Crippen LogP contribution in [-0.4, -0.2) is 33.4 Å². The zero-order valence-electron chi connectivity index (χ0n) is 21.2. The molecule has 1 atom stereocenters. The van der Waals surface area contributed by atoms with Gasteiger partial charge in [0.2, 0.25) is 0 Å². The second-order valence-corrected chi connectivity index (χ2v) is 9.89. The lowest BCUT2D eigenvalue weighted by Gasteiger charge is -2.38. The number of ether oxygens (including phenoxy) is 1. The molecule has 1 amide bonds.